The fraction of sp³-hybridized carbons (Fsp3) is 0.667. The Labute approximate surface area is 66.0 Å². The molecule has 1 aliphatic heterocycles. The zero-order chi connectivity index (χ0) is 7.02. The molecule has 1 saturated heterocycles. The van der Waals surface area contributed by atoms with Crippen LogP contribution in [0.2, 0.25) is 0 Å². The van der Waals surface area contributed by atoms with E-state index < -0.39 is 0 Å². The van der Waals surface area contributed by atoms with Crippen molar-refractivity contribution >= 4 is 34.4 Å². The van der Waals surface area contributed by atoms with Crippen LogP contribution in [0.3, 0.4) is 0 Å². The minimum atomic E-state index is 0.484. The first-order valence-corrected chi connectivity index (χ1v) is 3.75. The van der Waals surface area contributed by atoms with Gasteiger partial charge in [0, 0.05) is 19.4 Å². The van der Waals surface area contributed by atoms with Gasteiger partial charge in [-0.2, -0.15) is 0 Å². The number of hydrogen-bond acceptors (Lipinski definition) is 2. The van der Waals surface area contributed by atoms with E-state index in [1.807, 2.05) is 11.9 Å². The molecule has 0 bridgehead atoms. The lowest BCUT2D eigenvalue weighted by Gasteiger charge is -2.09. The molecule has 1 atom stereocenters. The fourth-order valence-electron chi connectivity index (χ4n) is 0.940. The van der Waals surface area contributed by atoms with Gasteiger partial charge in [0.1, 0.15) is 0 Å². The summed E-state index contributed by atoms with van der Waals surface area (Å²) in [7, 11) is 1.94. The van der Waals surface area contributed by atoms with E-state index >= 15 is 0 Å². The number of rotatable bonds is 0. The van der Waals surface area contributed by atoms with Crippen LogP contribution < -0.4 is 0 Å². The number of likely N-dealkylation sites (tertiary alicyclic amines) is 1. The van der Waals surface area contributed by atoms with E-state index in [0.29, 0.717) is 5.92 Å². The molecule has 1 aliphatic rings. The maximum atomic E-state index is 5.08. The van der Waals surface area contributed by atoms with Crippen LogP contribution >= 0.6 is 24.4 Å². The van der Waals surface area contributed by atoms with Gasteiger partial charge in [-0.3, -0.25) is 0 Å². The largest absolute Gasteiger partial charge is 0.333 e. The van der Waals surface area contributed by atoms with E-state index in [4.69, 9.17) is 24.4 Å². The lowest BCUT2D eigenvalue weighted by molar-refractivity contribution is 0.776. The quantitative estimate of drug-likeness (QED) is 0.494. The molecule has 0 aromatic heterocycles. The highest BCUT2D eigenvalue weighted by molar-refractivity contribution is 7.82. The number of hydrogen-bond donors (Lipinski definition) is 0. The molecular formula is C6H9NS2. The molecule has 0 N–H and O–H groups in total. The minimum Gasteiger partial charge on any atom is -0.333 e. The first-order chi connectivity index (χ1) is 4.13. The van der Waals surface area contributed by atoms with Crippen molar-refractivity contribution in [3.63, 3.8) is 0 Å². The summed E-state index contributed by atoms with van der Waals surface area (Å²) in [6, 6.07) is 0. The summed E-state index contributed by atoms with van der Waals surface area (Å²) in [6.07, 6.45) is 0.963. The van der Waals surface area contributed by atoms with Gasteiger partial charge in [0.05, 0.1) is 9.98 Å². The van der Waals surface area contributed by atoms with E-state index in [1.165, 1.54) is 0 Å². The summed E-state index contributed by atoms with van der Waals surface area (Å²) >= 11 is 10.1. The molecule has 0 aromatic rings. The lowest BCUT2D eigenvalue weighted by atomic mass is 10.2. The standard InChI is InChI=1S/C6H9NS2/c1-4-3-5(8)7(2)6(4)9/h4H,3H2,1-2H3. The van der Waals surface area contributed by atoms with Crippen molar-refractivity contribution in [3.05, 3.63) is 0 Å². The van der Waals surface area contributed by atoms with Gasteiger partial charge in [0.15, 0.2) is 0 Å². The van der Waals surface area contributed by atoms with Crippen LogP contribution in [0.4, 0.5) is 0 Å². The first-order valence-electron chi connectivity index (χ1n) is 2.93. The highest BCUT2D eigenvalue weighted by Gasteiger charge is 2.25. The Morgan fingerprint density at radius 3 is 2.22 bits per heavy atom. The fourth-order valence-corrected chi connectivity index (χ4v) is 1.54. The van der Waals surface area contributed by atoms with Crippen LogP contribution in [-0.2, 0) is 0 Å². The van der Waals surface area contributed by atoms with Gasteiger partial charge < -0.3 is 4.90 Å². The molecule has 0 spiro atoms. The summed E-state index contributed by atoms with van der Waals surface area (Å²) in [5, 5.41) is 0. The van der Waals surface area contributed by atoms with E-state index in [1.54, 1.807) is 0 Å². The van der Waals surface area contributed by atoms with Crippen LogP contribution in [0.15, 0.2) is 0 Å². The van der Waals surface area contributed by atoms with Crippen LogP contribution in [0.5, 0.6) is 0 Å². The normalized spacial score (nSPS) is 27.8. The predicted octanol–water partition coefficient (Wildman–Crippen LogP) is 1.61. The Hall–Kier alpha value is -0.0200. The molecule has 1 heterocycles. The third kappa shape index (κ3) is 1.12. The molecule has 3 heteroatoms. The van der Waals surface area contributed by atoms with Gasteiger partial charge >= 0.3 is 0 Å². The summed E-state index contributed by atoms with van der Waals surface area (Å²) in [6.45, 7) is 2.11. The van der Waals surface area contributed by atoms with Crippen molar-refractivity contribution in [2.24, 2.45) is 5.92 Å². The van der Waals surface area contributed by atoms with Crippen LogP contribution in [0.25, 0.3) is 0 Å². The molecule has 0 aliphatic carbocycles. The lowest BCUT2D eigenvalue weighted by Crippen LogP contribution is -2.22. The van der Waals surface area contributed by atoms with Crippen molar-refractivity contribution in [2.75, 3.05) is 7.05 Å². The third-order valence-electron chi connectivity index (χ3n) is 1.61. The summed E-state index contributed by atoms with van der Waals surface area (Å²) in [5.74, 6) is 0.484. The molecule has 50 valence electrons. The third-order valence-corrected chi connectivity index (χ3v) is 2.72. The monoisotopic (exact) mass is 159 g/mol. The van der Waals surface area contributed by atoms with Gasteiger partial charge in [-0.15, -0.1) is 0 Å². The average Bonchev–Trinajstić information content (AvgIpc) is 1.98. The molecule has 0 aromatic carbocycles. The van der Waals surface area contributed by atoms with E-state index in [-0.39, 0.29) is 0 Å². The molecule has 1 unspecified atom stereocenters. The molecule has 0 radical (unpaired) electrons. The second-order valence-electron chi connectivity index (χ2n) is 2.40. The van der Waals surface area contributed by atoms with E-state index in [2.05, 4.69) is 6.92 Å². The second kappa shape index (κ2) is 2.31. The summed E-state index contributed by atoms with van der Waals surface area (Å²) in [5.41, 5.74) is 0. The maximum absolute atomic E-state index is 5.08. The number of thiocarbonyl (C=S) groups is 2. The molecular weight excluding hydrogens is 150 g/mol. The highest BCUT2D eigenvalue weighted by atomic mass is 32.1. The van der Waals surface area contributed by atoms with Crippen LogP contribution in [0, 0.1) is 5.92 Å². The maximum Gasteiger partial charge on any atom is 0.0857 e. The zero-order valence-corrected chi connectivity index (χ0v) is 7.18. The van der Waals surface area contributed by atoms with Crippen LogP contribution in [-0.4, -0.2) is 21.9 Å². The smallest absolute Gasteiger partial charge is 0.0857 e. The Kier molecular flexibility index (Phi) is 1.82. The molecule has 1 rings (SSSR count). The molecule has 0 saturated carbocycles. The zero-order valence-electron chi connectivity index (χ0n) is 5.55. The van der Waals surface area contributed by atoms with Gasteiger partial charge in [-0.1, -0.05) is 31.4 Å². The van der Waals surface area contributed by atoms with Crippen LogP contribution in [0.1, 0.15) is 13.3 Å². The molecule has 9 heavy (non-hydrogen) atoms. The van der Waals surface area contributed by atoms with Crippen molar-refractivity contribution in [3.8, 4) is 0 Å². The average molecular weight is 159 g/mol. The van der Waals surface area contributed by atoms with E-state index in [0.717, 1.165) is 16.4 Å². The van der Waals surface area contributed by atoms with Gasteiger partial charge in [-0.25, -0.2) is 0 Å². The Morgan fingerprint density at radius 1 is 1.56 bits per heavy atom. The predicted molar refractivity (Wildman–Crippen MR) is 46.7 cm³/mol. The van der Waals surface area contributed by atoms with Crippen molar-refractivity contribution in [1.29, 1.82) is 0 Å². The van der Waals surface area contributed by atoms with E-state index in [9.17, 15) is 0 Å². The Balaban J connectivity index is 2.77. The second-order valence-corrected chi connectivity index (χ2v) is 3.29. The first kappa shape index (κ1) is 7.09. The van der Waals surface area contributed by atoms with Gasteiger partial charge in [0.25, 0.3) is 0 Å². The number of nitrogens with zero attached hydrogens (tertiary/aromatic N) is 1. The van der Waals surface area contributed by atoms with Crippen molar-refractivity contribution in [2.45, 2.75) is 13.3 Å². The van der Waals surface area contributed by atoms with Gasteiger partial charge in [-0.05, 0) is 0 Å². The van der Waals surface area contributed by atoms with Crippen molar-refractivity contribution < 1.29 is 0 Å². The van der Waals surface area contributed by atoms with Gasteiger partial charge in [0.2, 0.25) is 0 Å². The molecule has 0 amide bonds. The SMILES string of the molecule is CC1CC(=S)N(C)C1=S. The summed E-state index contributed by atoms with van der Waals surface area (Å²) in [4.78, 5) is 3.89. The topological polar surface area (TPSA) is 3.24 Å². The Bertz CT molecular complexity index is 164. The van der Waals surface area contributed by atoms with Crippen molar-refractivity contribution in [1.82, 2.24) is 4.90 Å². The Morgan fingerprint density at radius 2 is 2.11 bits per heavy atom. The molecule has 1 nitrogen and oxygen atoms in total. The summed E-state index contributed by atoms with van der Waals surface area (Å²) < 4.78 is 0. The minimum absolute atomic E-state index is 0.484. The highest BCUT2D eigenvalue weighted by Crippen LogP contribution is 2.19. The molecule has 1 fully saturated rings.